The standard InChI is InChI=1S/C46H57NO17/c1-17-34(49)26(56-8)15-29(60-17)63-43-19(3)59-27(16-45(43,5)47-7)21-11-12-22-31(37(21)52)38(53)32-24(36(22)51)13-23(30-25(48)14-28(62-40(30)32)46(6)20(4)64-46)33(44(55)58-10)41-39(54)42(57-9)35(50)18(2)61-41/h11-14,17-20,26-27,29,33-35,39,41-43,47,49-50,52,54H,15-16H2,1-10H3/t17-,18-,19+,20?,26+,27-,29-,33?,34-,35-,39-,41-,42-,43-,45+,46?/m1/s1. The Bertz CT molecular complexity index is 2420. The third kappa shape index (κ3) is 7.31. The number of methoxy groups -OCH3 is 3. The van der Waals surface area contributed by atoms with Crippen molar-refractivity contribution in [1.29, 1.82) is 0 Å². The fourth-order valence-electron chi connectivity index (χ4n) is 10.2. The summed E-state index contributed by atoms with van der Waals surface area (Å²) in [7, 11) is 5.66. The molecule has 8 rings (SSSR count). The van der Waals surface area contributed by atoms with Crippen LogP contribution >= 0.6 is 0 Å². The first-order valence-corrected chi connectivity index (χ1v) is 21.5. The van der Waals surface area contributed by atoms with E-state index in [0.717, 1.165) is 7.11 Å². The SMILES string of the molecule is CN[C@@]1(C)C[C@H](c2ccc3c(c2O)C(=O)c2c(cc(C(C(=O)OC)[C@H]4O[C@H](C)[C@@H](O)[C@@H](OC)[C@@H]4O)c4c(=O)cc(C5(C)OC5C)oc24)C3=O)O[C@@H](C)[C@H]1O[C@@H]1C[C@H](OC)[C@H](O)[C@@H](C)O1. The maximum absolute atomic E-state index is 15.1. The predicted octanol–water partition coefficient (Wildman–Crippen LogP) is 2.41. The Morgan fingerprint density at radius 3 is 2.17 bits per heavy atom. The van der Waals surface area contributed by atoms with Crippen molar-refractivity contribution in [2.45, 2.75) is 151 Å². The molecule has 4 aliphatic heterocycles. The molecule has 3 aromatic rings. The molecule has 0 saturated carbocycles. The lowest BCUT2D eigenvalue weighted by Crippen LogP contribution is -2.62. The normalized spacial score (nSPS) is 37.8. The first-order chi connectivity index (χ1) is 30.2. The van der Waals surface area contributed by atoms with Gasteiger partial charge in [-0.1, -0.05) is 6.07 Å². The number of ketones is 2. The number of nitrogens with one attached hydrogen (secondary N) is 1. The molecule has 5 aliphatic rings. The molecule has 18 heteroatoms. The third-order valence-corrected chi connectivity index (χ3v) is 14.3. The second-order valence-corrected chi connectivity index (χ2v) is 18.0. The maximum atomic E-state index is 15.1. The van der Waals surface area contributed by atoms with E-state index in [1.165, 1.54) is 45.4 Å². The van der Waals surface area contributed by atoms with Crippen LogP contribution in [0.4, 0.5) is 0 Å². The number of carbonyl (C=O) groups is 3. The number of epoxide rings is 1. The van der Waals surface area contributed by atoms with E-state index in [9.17, 15) is 34.8 Å². The summed E-state index contributed by atoms with van der Waals surface area (Å²) in [5.74, 6) is -4.60. The van der Waals surface area contributed by atoms with Crippen LogP contribution in [-0.4, -0.2) is 145 Å². The van der Waals surface area contributed by atoms with Crippen LogP contribution in [-0.2, 0) is 48.3 Å². The van der Waals surface area contributed by atoms with E-state index in [1.807, 2.05) is 13.8 Å². The molecular formula is C46H57NO17. The van der Waals surface area contributed by atoms with Gasteiger partial charge in [0, 0.05) is 48.9 Å². The molecule has 0 bridgehead atoms. The van der Waals surface area contributed by atoms with Crippen LogP contribution < -0.4 is 10.7 Å². The summed E-state index contributed by atoms with van der Waals surface area (Å²) in [6.45, 7) is 10.5. The first kappa shape index (κ1) is 46.4. The van der Waals surface area contributed by atoms with Crippen LogP contribution in [0.2, 0.25) is 0 Å². The van der Waals surface area contributed by atoms with E-state index in [4.69, 9.17) is 42.3 Å². The van der Waals surface area contributed by atoms with Crippen molar-refractivity contribution in [3.05, 3.63) is 73.6 Å². The van der Waals surface area contributed by atoms with Crippen molar-refractivity contribution in [2.75, 3.05) is 28.4 Å². The Kier molecular flexibility index (Phi) is 12.3. The smallest absolute Gasteiger partial charge is 0.315 e. The number of carbonyl (C=O) groups excluding carboxylic acids is 3. The Labute approximate surface area is 369 Å². The predicted molar refractivity (Wildman–Crippen MR) is 223 cm³/mol. The molecule has 64 heavy (non-hydrogen) atoms. The highest BCUT2D eigenvalue weighted by Gasteiger charge is 2.55. The Morgan fingerprint density at radius 1 is 0.859 bits per heavy atom. The maximum Gasteiger partial charge on any atom is 0.315 e. The summed E-state index contributed by atoms with van der Waals surface area (Å²) in [6, 6.07) is 5.36. The molecular weight excluding hydrogens is 838 g/mol. The van der Waals surface area contributed by atoms with Gasteiger partial charge < -0.3 is 68.1 Å². The molecule has 2 aromatic carbocycles. The summed E-state index contributed by atoms with van der Waals surface area (Å²) >= 11 is 0. The minimum Gasteiger partial charge on any atom is -0.507 e. The molecule has 1 aliphatic carbocycles. The van der Waals surface area contributed by atoms with Crippen LogP contribution in [0.15, 0.2) is 33.5 Å². The molecule has 348 valence electrons. The van der Waals surface area contributed by atoms with Crippen LogP contribution in [0.1, 0.15) is 115 Å². The average molecular weight is 896 g/mol. The minimum atomic E-state index is -1.64. The number of aromatic hydroxyl groups is 1. The zero-order valence-electron chi connectivity index (χ0n) is 37.4. The number of benzene rings is 2. The molecule has 16 atom stereocenters. The van der Waals surface area contributed by atoms with Crippen molar-refractivity contribution in [3.8, 4) is 5.75 Å². The number of rotatable bonds is 10. The summed E-state index contributed by atoms with van der Waals surface area (Å²) < 4.78 is 53.4. The second-order valence-electron chi connectivity index (χ2n) is 18.0. The number of aliphatic hydroxyl groups excluding tert-OH is 3. The molecule has 3 unspecified atom stereocenters. The van der Waals surface area contributed by atoms with E-state index < -0.39 is 119 Å². The fourth-order valence-corrected chi connectivity index (χ4v) is 10.2. The number of phenolic OH excluding ortho intramolecular Hbond substituents is 1. The quantitative estimate of drug-likeness (QED) is 0.113. The van der Waals surface area contributed by atoms with Gasteiger partial charge in [0.2, 0.25) is 5.78 Å². The highest BCUT2D eigenvalue weighted by atomic mass is 16.7. The number of likely N-dealkylation sites (N-methyl/N-ethyl adjacent to an activating group) is 1. The van der Waals surface area contributed by atoms with Crippen LogP contribution in [0, 0.1) is 0 Å². The number of hydrogen-bond acceptors (Lipinski definition) is 18. The van der Waals surface area contributed by atoms with Crippen molar-refractivity contribution in [2.24, 2.45) is 0 Å². The van der Waals surface area contributed by atoms with Crippen molar-refractivity contribution in [3.63, 3.8) is 0 Å². The third-order valence-electron chi connectivity index (χ3n) is 14.3. The molecule has 0 amide bonds. The van der Waals surface area contributed by atoms with Crippen LogP contribution in [0.3, 0.4) is 0 Å². The molecule has 5 N–H and O–H groups in total. The lowest BCUT2D eigenvalue weighted by atomic mass is 9.76. The molecule has 4 saturated heterocycles. The van der Waals surface area contributed by atoms with Crippen LogP contribution in [0.25, 0.3) is 11.0 Å². The van der Waals surface area contributed by atoms with E-state index in [-0.39, 0.29) is 69.1 Å². The molecule has 1 aromatic heterocycles. The number of fused-ring (bicyclic) bond motifs is 4. The van der Waals surface area contributed by atoms with Gasteiger partial charge in [-0.2, -0.15) is 0 Å². The van der Waals surface area contributed by atoms with Gasteiger partial charge >= 0.3 is 5.97 Å². The summed E-state index contributed by atoms with van der Waals surface area (Å²) in [4.78, 5) is 58.2. The Balaban J connectivity index is 1.22. The summed E-state index contributed by atoms with van der Waals surface area (Å²) in [6.07, 6.45) is -11.1. The second kappa shape index (κ2) is 16.9. The van der Waals surface area contributed by atoms with Crippen LogP contribution in [0.5, 0.6) is 5.75 Å². The lowest BCUT2D eigenvalue weighted by Gasteiger charge is -2.49. The van der Waals surface area contributed by atoms with Gasteiger partial charge in [0.25, 0.3) is 0 Å². The van der Waals surface area contributed by atoms with Crippen molar-refractivity contribution < 1.29 is 77.1 Å². The number of ether oxygens (including phenoxy) is 8. The molecule has 0 spiro atoms. The minimum absolute atomic E-state index is 0.0513. The monoisotopic (exact) mass is 895 g/mol. The molecule has 18 nitrogen and oxygen atoms in total. The van der Waals surface area contributed by atoms with Gasteiger partial charge in [0.15, 0.2) is 17.5 Å². The van der Waals surface area contributed by atoms with Crippen molar-refractivity contribution >= 4 is 28.5 Å². The zero-order valence-corrected chi connectivity index (χ0v) is 37.4. The summed E-state index contributed by atoms with van der Waals surface area (Å²) in [5, 5.41) is 48.0. The topological polar surface area (TPSA) is 252 Å². The van der Waals surface area contributed by atoms with E-state index in [2.05, 4.69) is 5.32 Å². The highest BCUT2D eigenvalue weighted by Crippen LogP contribution is 2.49. The van der Waals surface area contributed by atoms with Gasteiger partial charge in [-0.3, -0.25) is 19.2 Å². The van der Waals surface area contributed by atoms with Crippen molar-refractivity contribution in [1.82, 2.24) is 5.32 Å². The highest BCUT2D eigenvalue weighted by molar-refractivity contribution is 6.32. The average Bonchev–Trinajstić information content (AvgIpc) is 3.89. The molecule has 5 heterocycles. The Hall–Kier alpha value is -4.18. The summed E-state index contributed by atoms with van der Waals surface area (Å²) in [5.41, 5.74) is -3.92. The van der Waals surface area contributed by atoms with E-state index >= 15 is 4.79 Å². The van der Waals surface area contributed by atoms with Gasteiger partial charge in [0.05, 0.1) is 60.2 Å². The number of phenols is 1. The van der Waals surface area contributed by atoms with E-state index in [1.54, 1.807) is 27.8 Å². The molecule has 4 fully saturated rings. The lowest BCUT2D eigenvalue weighted by molar-refractivity contribution is -0.293. The molecule has 0 radical (unpaired) electrons. The van der Waals surface area contributed by atoms with Gasteiger partial charge in [0.1, 0.15) is 65.2 Å². The fraction of sp³-hybridized carbons (Fsp3) is 0.609. The number of hydrogen-bond donors (Lipinski definition) is 5. The van der Waals surface area contributed by atoms with E-state index in [0.29, 0.717) is 0 Å². The van der Waals surface area contributed by atoms with Gasteiger partial charge in [-0.25, -0.2) is 0 Å². The Morgan fingerprint density at radius 2 is 1.55 bits per heavy atom. The van der Waals surface area contributed by atoms with Gasteiger partial charge in [-0.05, 0) is 72.7 Å². The largest absolute Gasteiger partial charge is 0.507 e. The van der Waals surface area contributed by atoms with Gasteiger partial charge in [-0.15, -0.1) is 0 Å². The zero-order chi connectivity index (χ0) is 46.5. The number of esters is 1. The first-order valence-electron chi connectivity index (χ1n) is 21.5. The number of aliphatic hydroxyl groups is 3.